The predicted molar refractivity (Wildman–Crippen MR) is 70.6 cm³/mol. The van der Waals surface area contributed by atoms with E-state index in [1.165, 1.54) is 12.8 Å². The molecule has 106 valence electrons. The molecule has 0 aromatic carbocycles. The molecule has 1 aliphatic carbocycles. The third-order valence-corrected chi connectivity index (χ3v) is 2.79. The summed E-state index contributed by atoms with van der Waals surface area (Å²) in [6.45, 7) is 3.84. The van der Waals surface area contributed by atoms with E-state index in [-0.39, 0.29) is 5.91 Å². The van der Waals surface area contributed by atoms with Crippen molar-refractivity contribution in [1.82, 2.24) is 20.8 Å². The monoisotopic (exact) mass is 267 g/mol. The average molecular weight is 267 g/mol. The Hall–Kier alpha value is -1.63. The standard InChI is InChI=1S/C12H21N5O2/c1-2-6-13-10(18)5-7-14-12-17-16-11(19-12)8-15-9-3-4-9/h9,15H,2-8H2,1H3,(H,13,18)(H,14,17). The highest BCUT2D eigenvalue weighted by Gasteiger charge is 2.21. The summed E-state index contributed by atoms with van der Waals surface area (Å²) in [5, 5.41) is 16.8. The fraction of sp³-hybridized carbons (Fsp3) is 0.750. The number of carbonyl (C=O) groups excluding carboxylic acids is 1. The van der Waals surface area contributed by atoms with Gasteiger partial charge in [0, 0.05) is 25.6 Å². The number of hydrogen-bond donors (Lipinski definition) is 3. The number of hydrogen-bond acceptors (Lipinski definition) is 6. The largest absolute Gasteiger partial charge is 0.407 e. The van der Waals surface area contributed by atoms with Crippen LogP contribution in [-0.4, -0.2) is 35.2 Å². The van der Waals surface area contributed by atoms with Gasteiger partial charge >= 0.3 is 6.01 Å². The maximum Gasteiger partial charge on any atom is 0.315 e. The van der Waals surface area contributed by atoms with E-state index in [1.807, 2.05) is 6.92 Å². The Balaban J connectivity index is 1.60. The number of rotatable bonds is 9. The normalized spacial score (nSPS) is 14.4. The lowest BCUT2D eigenvalue weighted by Gasteiger charge is -2.03. The molecule has 1 heterocycles. The number of nitrogens with zero attached hydrogens (tertiary/aromatic N) is 2. The number of carbonyl (C=O) groups is 1. The highest BCUT2D eigenvalue weighted by molar-refractivity contribution is 5.76. The lowest BCUT2D eigenvalue weighted by molar-refractivity contribution is -0.120. The lowest BCUT2D eigenvalue weighted by Crippen LogP contribution is -2.25. The Bertz CT molecular complexity index is 403. The van der Waals surface area contributed by atoms with E-state index >= 15 is 0 Å². The third kappa shape index (κ3) is 5.25. The molecule has 0 unspecified atom stereocenters. The molecule has 0 saturated heterocycles. The van der Waals surface area contributed by atoms with Gasteiger partial charge in [0.1, 0.15) is 0 Å². The molecule has 0 aliphatic heterocycles. The van der Waals surface area contributed by atoms with Crippen molar-refractivity contribution >= 4 is 11.9 Å². The van der Waals surface area contributed by atoms with Crippen LogP contribution in [0.1, 0.15) is 38.5 Å². The minimum Gasteiger partial charge on any atom is -0.407 e. The van der Waals surface area contributed by atoms with Crippen LogP contribution in [0.4, 0.5) is 6.01 Å². The lowest BCUT2D eigenvalue weighted by atomic mass is 10.4. The van der Waals surface area contributed by atoms with Gasteiger partial charge in [-0.2, -0.15) is 0 Å². The zero-order valence-corrected chi connectivity index (χ0v) is 11.2. The summed E-state index contributed by atoms with van der Waals surface area (Å²) in [4.78, 5) is 11.4. The molecule has 1 aromatic heterocycles. The molecule has 1 amide bonds. The Morgan fingerprint density at radius 3 is 2.95 bits per heavy atom. The molecule has 1 aliphatic rings. The summed E-state index contributed by atoms with van der Waals surface area (Å²) in [7, 11) is 0. The number of nitrogens with one attached hydrogen (secondary N) is 3. The molecule has 0 atom stereocenters. The summed E-state index contributed by atoms with van der Waals surface area (Å²) < 4.78 is 5.40. The van der Waals surface area contributed by atoms with E-state index < -0.39 is 0 Å². The van der Waals surface area contributed by atoms with E-state index in [1.54, 1.807) is 0 Å². The summed E-state index contributed by atoms with van der Waals surface area (Å²) >= 11 is 0. The molecular weight excluding hydrogens is 246 g/mol. The highest BCUT2D eigenvalue weighted by atomic mass is 16.4. The predicted octanol–water partition coefficient (Wildman–Crippen LogP) is 0.650. The first kappa shape index (κ1) is 13.8. The molecule has 1 fully saturated rings. The van der Waals surface area contributed by atoms with Gasteiger partial charge in [0.05, 0.1) is 6.54 Å². The summed E-state index contributed by atoms with van der Waals surface area (Å²) in [5.74, 6) is 0.606. The van der Waals surface area contributed by atoms with Crippen molar-refractivity contribution < 1.29 is 9.21 Å². The SMILES string of the molecule is CCCNC(=O)CCNc1nnc(CNC2CC2)o1. The van der Waals surface area contributed by atoms with Crippen molar-refractivity contribution in [3.8, 4) is 0 Å². The van der Waals surface area contributed by atoms with Crippen LogP contribution in [0, 0.1) is 0 Å². The van der Waals surface area contributed by atoms with Crippen molar-refractivity contribution in [3.05, 3.63) is 5.89 Å². The van der Waals surface area contributed by atoms with Crippen molar-refractivity contribution in [2.45, 2.75) is 45.2 Å². The molecule has 7 heteroatoms. The number of anilines is 1. The molecule has 1 saturated carbocycles. The molecule has 2 rings (SSSR count). The first-order valence-corrected chi connectivity index (χ1v) is 6.84. The topological polar surface area (TPSA) is 92.1 Å². The summed E-state index contributed by atoms with van der Waals surface area (Å²) in [5.41, 5.74) is 0. The molecule has 7 nitrogen and oxygen atoms in total. The molecule has 1 aromatic rings. The van der Waals surface area contributed by atoms with Gasteiger partial charge in [-0.3, -0.25) is 4.79 Å². The maximum absolute atomic E-state index is 11.4. The van der Waals surface area contributed by atoms with Gasteiger partial charge in [0.15, 0.2) is 0 Å². The fourth-order valence-electron chi connectivity index (χ4n) is 1.55. The van der Waals surface area contributed by atoms with Gasteiger partial charge in [-0.1, -0.05) is 12.0 Å². The van der Waals surface area contributed by atoms with Crippen LogP contribution in [0.15, 0.2) is 4.42 Å². The van der Waals surface area contributed by atoms with Gasteiger partial charge in [0.2, 0.25) is 11.8 Å². The molecular formula is C12H21N5O2. The quantitative estimate of drug-likeness (QED) is 0.608. The van der Waals surface area contributed by atoms with Gasteiger partial charge in [-0.25, -0.2) is 0 Å². The smallest absolute Gasteiger partial charge is 0.315 e. The Labute approximate surface area is 112 Å². The van der Waals surface area contributed by atoms with E-state index in [0.717, 1.165) is 13.0 Å². The molecule has 3 N–H and O–H groups in total. The second-order valence-corrected chi connectivity index (χ2v) is 4.68. The van der Waals surface area contributed by atoms with Crippen molar-refractivity contribution in [1.29, 1.82) is 0 Å². The highest BCUT2D eigenvalue weighted by Crippen LogP contribution is 2.19. The zero-order valence-electron chi connectivity index (χ0n) is 11.2. The van der Waals surface area contributed by atoms with Crippen LogP contribution in [0.2, 0.25) is 0 Å². The van der Waals surface area contributed by atoms with Crippen LogP contribution in [0.25, 0.3) is 0 Å². The fourth-order valence-corrected chi connectivity index (χ4v) is 1.55. The molecule has 0 bridgehead atoms. The van der Waals surface area contributed by atoms with Crippen LogP contribution >= 0.6 is 0 Å². The van der Waals surface area contributed by atoms with Crippen LogP contribution in [-0.2, 0) is 11.3 Å². The second-order valence-electron chi connectivity index (χ2n) is 4.68. The van der Waals surface area contributed by atoms with Crippen molar-refractivity contribution in [2.75, 3.05) is 18.4 Å². The van der Waals surface area contributed by atoms with E-state index in [4.69, 9.17) is 4.42 Å². The van der Waals surface area contributed by atoms with Gasteiger partial charge in [-0.15, -0.1) is 5.10 Å². The van der Waals surface area contributed by atoms with E-state index in [2.05, 4.69) is 26.1 Å². The third-order valence-electron chi connectivity index (χ3n) is 2.79. The number of aromatic nitrogens is 2. The minimum absolute atomic E-state index is 0.0319. The average Bonchev–Trinajstić information content (AvgIpc) is 3.13. The van der Waals surface area contributed by atoms with Gasteiger partial charge in [0.25, 0.3) is 0 Å². The molecule has 19 heavy (non-hydrogen) atoms. The Kier molecular flexibility index (Phi) is 5.14. The zero-order chi connectivity index (χ0) is 13.5. The summed E-state index contributed by atoms with van der Waals surface area (Å²) in [6, 6.07) is 0.987. The van der Waals surface area contributed by atoms with Gasteiger partial charge in [-0.05, 0) is 19.3 Å². The van der Waals surface area contributed by atoms with Crippen molar-refractivity contribution in [3.63, 3.8) is 0 Å². The van der Waals surface area contributed by atoms with E-state index in [9.17, 15) is 4.79 Å². The van der Waals surface area contributed by atoms with Crippen LogP contribution < -0.4 is 16.0 Å². The molecule has 0 spiro atoms. The Morgan fingerprint density at radius 1 is 1.37 bits per heavy atom. The first-order valence-electron chi connectivity index (χ1n) is 6.84. The second kappa shape index (κ2) is 7.08. The van der Waals surface area contributed by atoms with Crippen LogP contribution in [0.3, 0.4) is 0 Å². The number of amides is 1. The molecule has 0 radical (unpaired) electrons. The minimum atomic E-state index is 0.0319. The van der Waals surface area contributed by atoms with Crippen LogP contribution in [0.5, 0.6) is 0 Å². The van der Waals surface area contributed by atoms with Gasteiger partial charge < -0.3 is 20.4 Å². The van der Waals surface area contributed by atoms with Crippen molar-refractivity contribution in [2.24, 2.45) is 0 Å². The Morgan fingerprint density at radius 2 is 2.21 bits per heavy atom. The van der Waals surface area contributed by atoms with E-state index in [0.29, 0.717) is 37.5 Å². The first-order chi connectivity index (χ1) is 9.28. The maximum atomic E-state index is 11.4. The summed E-state index contributed by atoms with van der Waals surface area (Å²) in [6.07, 6.45) is 3.80.